The van der Waals surface area contributed by atoms with Crippen LogP contribution in [-0.2, 0) is 11.3 Å². The quantitative estimate of drug-likeness (QED) is 0.892. The molecule has 0 aromatic heterocycles. The molecule has 0 saturated heterocycles. The van der Waals surface area contributed by atoms with Crippen LogP contribution < -0.4 is 5.73 Å². The molecule has 100 valence electrons. The molecule has 0 unspecified atom stereocenters. The zero-order valence-electron chi connectivity index (χ0n) is 10.1. The van der Waals surface area contributed by atoms with Gasteiger partial charge < -0.3 is 10.6 Å². The van der Waals surface area contributed by atoms with Crippen molar-refractivity contribution in [3.8, 4) is 0 Å². The molecule has 0 spiro atoms. The second kappa shape index (κ2) is 6.71. The summed E-state index contributed by atoms with van der Waals surface area (Å²) >= 11 is 0. The monoisotopic (exact) mass is 272 g/mol. The fourth-order valence-corrected chi connectivity index (χ4v) is 1.91. The van der Waals surface area contributed by atoms with Gasteiger partial charge in [-0.2, -0.15) is 0 Å². The first-order valence-electron chi connectivity index (χ1n) is 5.94. The summed E-state index contributed by atoms with van der Waals surface area (Å²) in [6.07, 6.45) is 2.46. The van der Waals surface area contributed by atoms with Crippen LogP contribution in [0.1, 0.15) is 24.8 Å². The Morgan fingerprint density at radius 3 is 2.72 bits per heavy atom. The topological polar surface area (TPSA) is 46.3 Å². The van der Waals surface area contributed by atoms with Crippen LogP contribution in [0, 0.1) is 5.82 Å². The fourth-order valence-electron chi connectivity index (χ4n) is 1.91. The molecule has 0 atom stereocenters. The second-order valence-corrected chi connectivity index (χ2v) is 4.42. The van der Waals surface area contributed by atoms with Crippen molar-refractivity contribution in [2.45, 2.75) is 31.8 Å². The van der Waals surface area contributed by atoms with Crippen LogP contribution in [0.2, 0.25) is 0 Å². The molecule has 1 aliphatic carbocycles. The highest BCUT2D eigenvalue weighted by molar-refractivity contribution is 5.85. The number of carbonyl (C=O) groups excluding carboxylic acids is 1. The Bertz CT molecular complexity index is 410. The summed E-state index contributed by atoms with van der Waals surface area (Å²) in [6, 6.07) is 6.73. The average Bonchev–Trinajstić information content (AvgIpc) is 3.10. The maximum absolute atomic E-state index is 13.1. The lowest BCUT2D eigenvalue weighted by Crippen LogP contribution is -2.33. The molecule has 1 aromatic carbocycles. The smallest absolute Gasteiger partial charge is 0.224 e. The zero-order chi connectivity index (χ0) is 12.3. The lowest BCUT2D eigenvalue weighted by Gasteiger charge is -2.22. The van der Waals surface area contributed by atoms with Gasteiger partial charge in [0.2, 0.25) is 5.91 Å². The van der Waals surface area contributed by atoms with E-state index in [-0.39, 0.29) is 24.1 Å². The van der Waals surface area contributed by atoms with Crippen molar-refractivity contribution in [2.24, 2.45) is 5.73 Å². The highest BCUT2D eigenvalue weighted by Crippen LogP contribution is 2.28. The first-order valence-corrected chi connectivity index (χ1v) is 5.94. The minimum Gasteiger partial charge on any atom is -0.335 e. The number of amides is 1. The number of benzene rings is 1. The van der Waals surface area contributed by atoms with Crippen LogP contribution in [0.15, 0.2) is 24.3 Å². The third-order valence-electron chi connectivity index (χ3n) is 2.91. The predicted molar refractivity (Wildman–Crippen MR) is 70.9 cm³/mol. The van der Waals surface area contributed by atoms with Gasteiger partial charge in [-0.15, -0.1) is 12.4 Å². The molecule has 1 amide bonds. The van der Waals surface area contributed by atoms with Gasteiger partial charge in [-0.3, -0.25) is 4.79 Å². The molecule has 0 radical (unpaired) electrons. The number of rotatable bonds is 5. The number of halogens is 2. The van der Waals surface area contributed by atoms with E-state index in [9.17, 15) is 9.18 Å². The van der Waals surface area contributed by atoms with E-state index in [0.29, 0.717) is 25.6 Å². The molecular formula is C13H18ClFN2O. The Labute approximate surface area is 113 Å². The predicted octanol–water partition coefficient (Wildman–Crippen LogP) is 2.09. The molecule has 2 N–H and O–H groups in total. The largest absolute Gasteiger partial charge is 0.335 e. The van der Waals surface area contributed by atoms with Gasteiger partial charge in [0.1, 0.15) is 5.82 Å². The Hall–Kier alpha value is -1.13. The molecule has 3 nitrogen and oxygen atoms in total. The summed E-state index contributed by atoms with van der Waals surface area (Å²) in [7, 11) is 0. The molecule has 0 aliphatic heterocycles. The van der Waals surface area contributed by atoms with Crippen molar-refractivity contribution in [2.75, 3.05) is 6.54 Å². The number of hydrogen-bond donors (Lipinski definition) is 1. The van der Waals surface area contributed by atoms with E-state index in [4.69, 9.17) is 5.73 Å². The summed E-state index contributed by atoms with van der Waals surface area (Å²) in [6.45, 7) is 0.854. The summed E-state index contributed by atoms with van der Waals surface area (Å²) in [5, 5.41) is 0. The number of carbonyl (C=O) groups is 1. The Morgan fingerprint density at radius 1 is 1.44 bits per heavy atom. The summed E-state index contributed by atoms with van der Waals surface area (Å²) < 4.78 is 13.1. The molecule has 1 saturated carbocycles. The van der Waals surface area contributed by atoms with E-state index in [2.05, 4.69) is 0 Å². The van der Waals surface area contributed by atoms with Gasteiger partial charge >= 0.3 is 0 Å². The molecule has 1 aliphatic rings. The van der Waals surface area contributed by atoms with Crippen molar-refractivity contribution in [3.05, 3.63) is 35.6 Å². The third-order valence-corrected chi connectivity index (χ3v) is 2.91. The molecule has 0 heterocycles. The van der Waals surface area contributed by atoms with E-state index in [0.717, 1.165) is 18.4 Å². The van der Waals surface area contributed by atoms with Gasteiger partial charge in [0.15, 0.2) is 0 Å². The highest BCUT2D eigenvalue weighted by atomic mass is 35.5. The normalized spacial score (nSPS) is 13.9. The Kier molecular flexibility index (Phi) is 5.56. The fraction of sp³-hybridized carbons (Fsp3) is 0.462. The van der Waals surface area contributed by atoms with Gasteiger partial charge in [-0.25, -0.2) is 4.39 Å². The van der Waals surface area contributed by atoms with Crippen molar-refractivity contribution < 1.29 is 9.18 Å². The van der Waals surface area contributed by atoms with Crippen LogP contribution in [0.5, 0.6) is 0 Å². The lowest BCUT2D eigenvalue weighted by atomic mass is 10.2. The van der Waals surface area contributed by atoms with Crippen molar-refractivity contribution in [1.82, 2.24) is 4.90 Å². The van der Waals surface area contributed by atoms with E-state index in [1.165, 1.54) is 12.1 Å². The van der Waals surface area contributed by atoms with Gasteiger partial charge in [0.05, 0.1) is 0 Å². The molecule has 1 aromatic rings. The van der Waals surface area contributed by atoms with E-state index in [1.807, 2.05) is 11.0 Å². The summed E-state index contributed by atoms with van der Waals surface area (Å²) in [5.41, 5.74) is 6.23. The van der Waals surface area contributed by atoms with Gasteiger partial charge in [0.25, 0.3) is 0 Å². The minimum atomic E-state index is -0.260. The van der Waals surface area contributed by atoms with Crippen molar-refractivity contribution >= 4 is 18.3 Å². The van der Waals surface area contributed by atoms with Crippen molar-refractivity contribution in [1.29, 1.82) is 0 Å². The average molecular weight is 273 g/mol. The van der Waals surface area contributed by atoms with E-state index in [1.54, 1.807) is 6.07 Å². The first-order chi connectivity index (χ1) is 8.20. The lowest BCUT2D eigenvalue weighted by molar-refractivity contribution is -0.132. The number of hydrogen-bond acceptors (Lipinski definition) is 2. The summed E-state index contributed by atoms with van der Waals surface area (Å²) in [5.74, 6) is -0.191. The van der Waals surface area contributed by atoms with Crippen LogP contribution in [-0.4, -0.2) is 23.4 Å². The molecule has 0 bridgehead atoms. The van der Waals surface area contributed by atoms with E-state index < -0.39 is 0 Å². The molecule has 2 rings (SSSR count). The SMILES string of the molecule is Cl.NCCC(=O)N(Cc1cccc(F)c1)C1CC1. The molecule has 18 heavy (non-hydrogen) atoms. The standard InChI is InChI=1S/C13H17FN2O.ClH/c14-11-3-1-2-10(8-11)9-16(12-4-5-12)13(17)6-7-15;/h1-3,8,12H,4-7,9,15H2;1H. The van der Waals surface area contributed by atoms with Crippen LogP contribution >= 0.6 is 12.4 Å². The first kappa shape index (κ1) is 14.9. The van der Waals surface area contributed by atoms with Gasteiger partial charge in [0, 0.05) is 25.6 Å². The van der Waals surface area contributed by atoms with Crippen LogP contribution in [0.4, 0.5) is 4.39 Å². The second-order valence-electron chi connectivity index (χ2n) is 4.42. The minimum absolute atomic E-state index is 0. The van der Waals surface area contributed by atoms with E-state index >= 15 is 0 Å². The Balaban J connectivity index is 0.00000162. The molecule has 5 heteroatoms. The molecular weight excluding hydrogens is 255 g/mol. The molecule has 1 fully saturated rings. The van der Waals surface area contributed by atoms with Crippen LogP contribution in [0.25, 0.3) is 0 Å². The maximum atomic E-state index is 13.1. The zero-order valence-corrected chi connectivity index (χ0v) is 11.0. The van der Waals surface area contributed by atoms with Crippen molar-refractivity contribution in [3.63, 3.8) is 0 Å². The highest BCUT2D eigenvalue weighted by Gasteiger charge is 2.31. The van der Waals surface area contributed by atoms with Gasteiger partial charge in [-0.05, 0) is 30.5 Å². The summed E-state index contributed by atoms with van der Waals surface area (Å²) in [4.78, 5) is 13.7. The van der Waals surface area contributed by atoms with Gasteiger partial charge in [-0.1, -0.05) is 12.1 Å². The maximum Gasteiger partial charge on any atom is 0.224 e. The van der Waals surface area contributed by atoms with Crippen LogP contribution in [0.3, 0.4) is 0 Å². The third kappa shape index (κ3) is 3.96. The number of nitrogens with zero attached hydrogens (tertiary/aromatic N) is 1. The number of nitrogens with two attached hydrogens (primary N) is 1. The Morgan fingerprint density at radius 2 is 2.17 bits per heavy atom.